The normalized spacial score (nSPS) is 20.5. The molecule has 1 aliphatic rings. The average Bonchev–Trinajstić information content (AvgIpc) is 3.02. The Morgan fingerprint density at radius 1 is 1.09 bits per heavy atom. The first-order valence-corrected chi connectivity index (χ1v) is 16.1. The first-order chi connectivity index (χ1) is 21.5. The lowest BCUT2D eigenvalue weighted by molar-refractivity contribution is -0.132. The minimum atomic E-state index is -0.494. The Morgan fingerprint density at radius 2 is 1.82 bits per heavy atom. The zero-order valence-electron chi connectivity index (χ0n) is 27.8. The predicted molar refractivity (Wildman–Crippen MR) is 177 cm³/mol. The summed E-state index contributed by atoms with van der Waals surface area (Å²) in [6.45, 7) is 7.64. The van der Waals surface area contributed by atoms with Crippen LogP contribution in [0.2, 0.25) is 0 Å². The van der Waals surface area contributed by atoms with E-state index in [1.807, 2.05) is 34.0 Å². The molecule has 3 amide bonds. The number of nitrogens with one attached hydrogen (secondary N) is 1. The lowest BCUT2D eigenvalue weighted by Crippen LogP contribution is -2.48. The molecule has 0 aromatic heterocycles. The summed E-state index contributed by atoms with van der Waals surface area (Å²) < 4.78 is 12.7. The summed E-state index contributed by atoms with van der Waals surface area (Å²) in [5.41, 5.74) is 1.28. The highest BCUT2D eigenvalue weighted by Gasteiger charge is 2.31. The Kier molecular flexibility index (Phi) is 14.3. The van der Waals surface area contributed by atoms with Gasteiger partial charge in [0.05, 0.1) is 30.4 Å². The number of hydrogen-bond acceptors (Lipinski definition) is 7. The Balaban J connectivity index is 1.89. The van der Waals surface area contributed by atoms with Crippen molar-refractivity contribution in [3.05, 3.63) is 59.7 Å². The van der Waals surface area contributed by atoms with E-state index < -0.39 is 6.04 Å². The quantitative estimate of drug-likeness (QED) is 0.400. The monoisotopic (exact) mass is 624 g/mol. The van der Waals surface area contributed by atoms with Crippen molar-refractivity contribution in [3.63, 3.8) is 0 Å². The molecule has 10 nitrogen and oxygen atoms in total. The molecule has 1 heterocycles. The van der Waals surface area contributed by atoms with Gasteiger partial charge in [0.2, 0.25) is 5.91 Å². The number of ether oxygens (including phenoxy) is 2. The second kappa shape index (κ2) is 17.9. The Hall–Kier alpha value is -3.47. The van der Waals surface area contributed by atoms with Gasteiger partial charge < -0.3 is 34.6 Å². The number of carbonyl (C=O) groups excluding carboxylic acids is 3. The van der Waals surface area contributed by atoms with Crippen LogP contribution in [0.1, 0.15) is 73.6 Å². The number of nitrogens with zero attached hydrogens (tertiary/aromatic N) is 3. The number of rotatable bonds is 10. The van der Waals surface area contributed by atoms with E-state index in [4.69, 9.17) is 9.47 Å². The molecular weight excluding hydrogens is 572 g/mol. The fraction of sp³-hybridized carbons (Fsp3) is 0.571. The minimum absolute atomic E-state index is 0.0636. The van der Waals surface area contributed by atoms with E-state index in [1.165, 1.54) is 0 Å². The fourth-order valence-corrected chi connectivity index (χ4v) is 5.36. The number of aliphatic hydroxyl groups excluding tert-OH is 1. The van der Waals surface area contributed by atoms with Crippen LogP contribution in [0.4, 0.5) is 5.69 Å². The number of fused-ring (bicyclic) bond motifs is 1. The summed E-state index contributed by atoms with van der Waals surface area (Å²) in [4.78, 5) is 45.5. The van der Waals surface area contributed by atoms with Crippen LogP contribution in [0.25, 0.3) is 0 Å². The summed E-state index contributed by atoms with van der Waals surface area (Å²) in [6, 6.07) is 13.5. The van der Waals surface area contributed by atoms with Crippen LogP contribution >= 0.6 is 0 Å². The van der Waals surface area contributed by atoms with Crippen molar-refractivity contribution in [2.24, 2.45) is 5.92 Å². The number of anilines is 1. The van der Waals surface area contributed by atoms with Gasteiger partial charge in [-0.25, -0.2) is 0 Å². The van der Waals surface area contributed by atoms with Crippen LogP contribution in [-0.2, 0) is 9.53 Å². The molecule has 0 radical (unpaired) electrons. The van der Waals surface area contributed by atoms with Gasteiger partial charge in [-0.05, 0) is 90.5 Å². The van der Waals surface area contributed by atoms with Crippen molar-refractivity contribution in [1.29, 1.82) is 0 Å². The molecule has 10 heteroatoms. The van der Waals surface area contributed by atoms with Gasteiger partial charge >= 0.3 is 0 Å². The maximum atomic E-state index is 14.3. The molecular formula is C35H52N4O6. The summed E-state index contributed by atoms with van der Waals surface area (Å²) in [5, 5.41) is 13.1. The molecule has 0 aliphatic carbocycles. The van der Waals surface area contributed by atoms with E-state index in [0.29, 0.717) is 48.7 Å². The first kappa shape index (κ1) is 36.0. The zero-order chi connectivity index (χ0) is 32.9. The number of likely N-dealkylation sites (N-methyl/N-ethyl adjacent to an activating group) is 1. The SMILES string of the molecule is C[C@@H]1CCCCO[C@H](CN(C)C(=O)CCCN(C)C)[C@@H](C)CN([C@H](C)CO)C(=O)c2cc(NC(=O)c3ccccc3)ccc2O1. The standard InChI is InChI=1S/C35H52N4O6/c1-25-22-39(26(2)24-40)35(43)30-21-29(36-34(42)28-14-8-7-9-15-28)17-18-31(30)45-27(3)13-10-11-20-44-32(25)23-38(6)33(41)16-12-19-37(4)5/h7-9,14-15,17-18,21,25-27,32,40H,10-13,16,19-20,22-24H2,1-6H3,(H,36,42)/t25-,26+,27+,32+/m0/s1. The highest BCUT2D eigenvalue weighted by Crippen LogP contribution is 2.29. The molecule has 0 saturated carbocycles. The van der Waals surface area contributed by atoms with Crippen LogP contribution < -0.4 is 10.1 Å². The van der Waals surface area contributed by atoms with Crippen LogP contribution in [0.3, 0.4) is 0 Å². The van der Waals surface area contributed by atoms with E-state index in [0.717, 1.165) is 32.2 Å². The average molecular weight is 625 g/mol. The van der Waals surface area contributed by atoms with Gasteiger partial charge in [0.1, 0.15) is 5.75 Å². The van der Waals surface area contributed by atoms with Crippen molar-refractivity contribution in [3.8, 4) is 5.75 Å². The lowest BCUT2D eigenvalue weighted by atomic mass is 10.0. The highest BCUT2D eigenvalue weighted by molar-refractivity contribution is 6.05. The predicted octanol–water partition coefficient (Wildman–Crippen LogP) is 4.53. The molecule has 45 heavy (non-hydrogen) atoms. The summed E-state index contributed by atoms with van der Waals surface area (Å²) >= 11 is 0. The van der Waals surface area contributed by atoms with Gasteiger partial charge in [0.25, 0.3) is 11.8 Å². The maximum Gasteiger partial charge on any atom is 0.258 e. The first-order valence-electron chi connectivity index (χ1n) is 16.1. The van der Waals surface area contributed by atoms with Gasteiger partial charge in [-0.1, -0.05) is 25.1 Å². The van der Waals surface area contributed by atoms with Crippen molar-refractivity contribution < 1.29 is 29.0 Å². The maximum absolute atomic E-state index is 14.3. The van der Waals surface area contributed by atoms with Crippen LogP contribution in [0.15, 0.2) is 48.5 Å². The Morgan fingerprint density at radius 3 is 2.51 bits per heavy atom. The zero-order valence-corrected chi connectivity index (χ0v) is 27.8. The summed E-state index contributed by atoms with van der Waals surface area (Å²) in [6.07, 6.45) is 3.26. The third kappa shape index (κ3) is 11.1. The molecule has 3 rings (SSSR count). The third-order valence-corrected chi connectivity index (χ3v) is 8.22. The number of amides is 3. The van der Waals surface area contributed by atoms with Crippen molar-refractivity contribution >= 4 is 23.4 Å². The molecule has 4 atom stereocenters. The van der Waals surface area contributed by atoms with Crippen LogP contribution in [-0.4, -0.2) is 110 Å². The fourth-order valence-electron chi connectivity index (χ4n) is 5.36. The summed E-state index contributed by atoms with van der Waals surface area (Å²) in [5.74, 6) is -0.250. The van der Waals surface area contributed by atoms with Gasteiger partial charge in [0, 0.05) is 50.3 Å². The van der Waals surface area contributed by atoms with Gasteiger partial charge in [-0.15, -0.1) is 0 Å². The molecule has 248 valence electrons. The van der Waals surface area contributed by atoms with Crippen LogP contribution in [0.5, 0.6) is 5.75 Å². The van der Waals surface area contributed by atoms with E-state index in [1.54, 1.807) is 66.2 Å². The third-order valence-electron chi connectivity index (χ3n) is 8.22. The Labute approximate surface area is 268 Å². The molecule has 0 saturated heterocycles. The molecule has 2 N–H and O–H groups in total. The highest BCUT2D eigenvalue weighted by atomic mass is 16.5. The summed E-state index contributed by atoms with van der Waals surface area (Å²) in [7, 11) is 5.79. The number of carbonyl (C=O) groups is 3. The molecule has 2 aromatic carbocycles. The van der Waals surface area contributed by atoms with E-state index in [2.05, 4.69) is 10.2 Å². The van der Waals surface area contributed by atoms with Crippen molar-refractivity contribution in [2.45, 2.75) is 71.1 Å². The molecule has 2 aromatic rings. The number of aliphatic hydroxyl groups is 1. The number of hydrogen-bond donors (Lipinski definition) is 2. The van der Waals surface area contributed by atoms with Gasteiger partial charge in [0.15, 0.2) is 0 Å². The second-order valence-corrected chi connectivity index (χ2v) is 12.5. The number of benzene rings is 2. The van der Waals surface area contributed by atoms with E-state index >= 15 is 0 Å². The Bertz CT molecular complexity index is 1240. The van der Waals surface area contributed by atoms with Gasteiger partial charge in [-0.2, -0.15) is 0 Å². The molecule has 0 unspecified atom stereocenters. The smallest absolute Gasteiger partial charge is 0.258 e. The van der Waals surface area contributed by atoms with E-state index in [-0.39, 0.29) is 42.5 Å². The largest absolute Gasteiger partial charge is 0.490 e. The molecule has 0 fully saturated rings. The second-order valence-electron chi connectivity index (χ2n) is 12.5. The van der Waals surface area contributed by atoms with Gasteiger partial charge in [-0.3, -0.25) is 14.4 Å². The van der Waals surface area contributed by atoms with Crippen molar-refractivity contribution in [2.75, 3.05) is 59.3 Å². The molecule has 0 spiro atoms. The van der Waals surface area contributed by atoms with E-state index in [9.17, 15) is 19.5 Å². The molecule has 1 aliphatic heterocycles. The van der Waals surface area contributed by atoms with Crippen molar-refractivity contribution in [1.82, 2.24) is 14.7 Å². The topological polar surface area (TPSA) is 112 Å². The lowest BCUT2D eigenvalue weighted by Gasteiger charge is -2.36. The minimum Gasteiger partial charge on any atom is -0.490 e. The molecule has 0 bridgehead atoms. The van der Waals surface area contributed by atoms with Crippen LogP contribution in [0, 0.1) is 5.92 Å².